The zero-order valence-corrected chi connectivity index (χ0v) is 11.6. The van der Waals surface area contributed by atoms with Crippen molar-refractivity contribution in [1.82, 2.24) is 9.55 Å². The van der Waals surface area contributed by atoms with Crippen molar-refractivity contribution in [2.45, 2.75) is 24.2 Å². The van der Waals surface area contributed by atoms with Crippen LogP contribution in [0.4, 0.5) is 13.2 Å². The van der Waals surface area contributed by atoms with Gasteiger partial charge >= 0.3 is 6.18 Å². The fraction of sp³-hybridized carbons (Fsp3) is 0.385. The Morgan fingerprint density at radius 2 is 2.15 bits per heavy atom. The Balaban J connectivity index is 2.26. The van der Waals surface area contributed by atoms with E-state index in [2.05, 4.69) is 11.1 Å². The minimum absolute atomic E-state index is 0.338. The maximum atomic E-state index is 12.6. The molecule has 0 spiro atoms. The number of nitrogens with zero attached hydrogens (tertiary/aromatic N) is 3. The fourth-order valence-corrected chi connectivity index (χ4v) is 2.72. The zero-order valence-electron chi connectivity index (χ0n) is 10.7. The van der Waals surface area contributed by atoms with Crippen molar-refractivity contribution in [3.05, 3.63) is 23.8 Å². The quantitative estimate of drug-likeness (QED) is 0.633. The zero-order chi connectivity index (χ0) is 14.8. The molecule has 0 N–H and O–H groups in total. The number of nitriles is 1. The minimum Gasteiger partial charge on any atom is -0.322 e. The van der Waals surface area contributed by atoms with Crippen LogP contribution < -0.4 is 0 Å². The van der Waals surface area contributed by atoms with Gasteiger partial charge in [0.2, 0.25) is 0 Å². The molecular weight excluding hydrogens is 287 g/mol. The molecule has 3 nitrogen and oxygen atoms in total. The molecule has 0 aliphatic rings. The highest BCUT2D eigenvalue weighted by atomic mass is 32.2. The van der Waals surface area contributed by atoms with Crippen molar-refractivity contribution in [2.75, 3.05) is 5.75 Å². The van der Waals surface area contributed by atoms with Crippen LogP contribution in [0.5, 0.6) is 0 Å². The first-order chi connectivity index (χ1) is 9.43. The van der Waals surface area contributed by atoms with Crippen LogP contribution in [0.2, 0.25) is 0 Å². The van der Waals surface area contributed by atoms with Gasteiger partial charge in [0, 0.05) is 19.2 Å². The number of unbranched alkanes of at least 4 members (excludes halogenated alkanes) is 1. The molecule has 0 fully saturated rings. The first-order valence-electron chi connectivity index (χ1n) is 5.97. The summed E-state index contributed by atoms with van der Waals surface area (Å²) >= 11 is 1.45. The van der Waals surface area contributed by atoms with Crippen molar-refractivity contribution in [2.24, 2.45) is 7.05 Å². The Morgan fingerprint density at radius 3 is 2.80 bits per heavy atom. The second-order valence-corrected chi connectivity index (χ2v) is 5.33. The average molecular weight is 299 g/mol. The van der Waals surface area contributed by atoms with E-state index >= 15 is 0 Å². The van der Waals surface area contributed by atoms with Crippen LogP contribution in [-0.2, 0) is 13.2 Å². The number of fused-ring (bicyclic) bond motifs is 1. The van der Waals surface area contributed by atoms with E-state index in [1.165, 1.54) is 17.8 Å². The number of thioether (sulfide) groups is 1. The van der Waals surface area contributed by atoms with Crippen molar-refractivity contribution in [1.29, 1.82) is 5.26 Å². The number of hydrogen-bond acceptors (Lipinski definition) is 3. The van der Waals surface area contributed by atoms with Crippen molar-refractivity contribution in [3.8, 4) is 6.07 Å². The Labute approximate surface area is 118 Å². The Hall–Kier alpha value is -1.68. The van der Waals surface area contributed by atoms with Crippen LogP contribution in [-0.4, -0.2) is 15.3 Å². The average Bonchev–Trinajstić information content (AvgIpc) is 2.70. The predicted octanol–water partition coefficient (Wildman–Crippen LogP) is 3.99. The summed E-state index contributed by atoms with van der Waals surface area (Å²) in [6.07, 6.45) is -3.15. The van der Waals surface area contributed by atoms with Crippen molar-refractivity contribution < 1.29 is 13.2 Å². The molecule has 0 amide bonds. The normalized spacial score (nSPS) is 11.8. The first-order valence-corrected chi connectivity index (χ1v) is 6.95. The Kier molecular flexibility index (Phi) is 4.23. The number of benzene rings is 1. The molecule has 0 bridgehead atoms. The van der Waals surface area contributed by atoms with Crippen molar-refractivity contribution in [3.63, 3.8) is 0 Å². The number of alkyl halides is 3. The van der Waals surface area contributed by atoms with Crippen LogP contribution >= 0.6 is 11.8 Å². The van der Waals surface area contributed by atoms with E-state index in [4.69, 9.17) is 5.26 Å². The molecule has 0 aliphatic carbocycles. The van der Waals surface area contributed by atoms with Crippen molar-refractivity contribution >= 4 is 22.8 Å². The largest absolute Gasteiger partial charge is 0.416 e. The topological polar surface area (TPSA) is 41.6 Å². The highest BCUT2D eigenvalue weighted by Gasteiger charge is 2.30. The molecule has 2 rings (SSSR count). The van der Waals surface area contributed by atoms with Crippen LogP contribution in [0.3, 0.4) is 0 Å². The summed E-state index contributed by atoms with van der Waals surface area (Å²) in [4.78, 5) is 4.23. The Morgan fingerprint density at radius 1 is 1.40 bits per heavy atom. The van der Waals surface area contributed by atoms with E-state index in [-0.39, 0.29) is 0 Å². The van der Waals surface area contributed by atoms with Gasteiger partial charge in [0.05, 0.1) is 22.7 Å². The van der Waals surface area contributed by atoms with Gasteiger partial charge in [-0.25, -0.2) is 4.98 Å². The van der Waals surface area contributed by atoms with Crippen LogP contribution in [0, 0.1) is 11.3 Å². The number of hydrogen-bond donors (Lipinski definition) is 0. The lowest BCUT2D eigenvalue weighted by Crippen LogP contribution is -2.04. The van der Waals surface area contributed by atoms with Gasteiger partial charge in [0.15, 0.2) is 5.16 Å². The highest BCUT2D eigenvalue weighted by Crippen LogP contribution is 2.32. The molecule has 0 saturated carbocycles. The molecule has 1 heterocycles. The number of aryl methyl sites for hydroxylation is 1. The molecule has 1 aromatic carbocycles. The third-order valence-corrected chi connectivity index (χ3v) is 3.95. The monoisotopic (exact) mass is 299 g/mol. The Bertz CT molecular complexity index is 655. The summed E-state index contributed by atoms with van der Waals surface area (Å²) in [5.74, 6) is 0.719. The third kappa shape index (κ3) is 3.07. The first kappa shape index (κ1) is 14.7. The summed E-state index contributed by atoms with van der Waals surface area (Å²) in [7, 11) is 1.77. The summed E-state index contributed by atoms with van der Waals surface area (Å²) in [5.41, 5.74) is 0.315. The number of imidazole rings is 1. The predicted molar refractivity (Wildman–Crippen MR) is 71.3 cm³/mol. The molecule has 7 heteroatoms. The smallest absolute Gasteiger partial charge is 0.322 e. The van der Waals surface area contributed by atoms with Gasteiger partial charge in [-0.3, -0.25) is 0 Å². The molecule has 0 saturated heterocycles. The number of rotatable bonds is 4. The van der Waals surface area contributed by atoms with Gasteiger partial charge in [-0.15, -0.1) is 0 Å². The third-order valence-electron chi connectivity index (χ3n) is 2.83. The van der Waals surface area contributed by atoms with Crippen LogP contribution in [0.1, 0.15) is 18.4 Å². The van der Waals surface area contributed by atoms with E-state index < -0.39 is 11.7 Å². The standard InChI is InChI=1S/C13H12F3N3S/c1-19-11-5-4-9(13(14,15)16)8-10(11)18-12(19)20-7-3-2-6-17/h4-5,8H,2-3,7H2,1H3. The molecule has 0 atom stereocenters. The lowest BCUT2D eigenvalue weighted by Gasteiger charge is -2.05. The molecule has 106 valence electrons. The van der Waals surface area contributed by atoms with E-state index in [1.54, 1.807) is 11.6 Å². The number of halogens is 3. The van der Waals surface area contributed by atoms with Gasteiger partial charge in [0.1, 0.15) is 0 Å². The summed E-state index contributed by atoms with van der Waals surface area (Å²) < 4.78 is 39.7. The summed E-state index contributed by atoms with van der Waals surface area (Å²) in [5, 5.41) is 9.12. The van der Waals surface area contributed by atoms with Gasteiger partial charge in [-0.1, -0.05) is 11.8 Å². The second-order valence-electron chi connectivity index (χ2n) is 4.26. The molecular formula is C13H12F3N3S. The maximum absolute atomic E-state index is 12.6. The van der Waals surface area contributed by atoms with Gasteiger partial charge < -0.3 is 4.57 Å². The molecule has 0 unspecified atom stereocenters. The molecule has 0 aliphatic heterocycles. The molecule has 1 aromatic heterocycles. The molecule has 2 aromatic rings. The van der Waals surface area contributed by atoms with E-state index in [9.17, 15) is 13.2 Å². The molecule has 0 radical (unpaired) electrons. The summed E-state index contributed by atoms with van der Waals surface area (Å²) in [6, 6.07) is 5.62. The number of aromatic nitrogens is 2. The summed E-state index contributed by atoms with van der Waals surface area (Å²) in [6.45, 7) is 0. The van der Waals surface area contributed by atoms with E-state index in [1.807, 2.05) is 0 Å². The second kappa shape index (κ2) is 5.75. The lowest BCUT2D eigenvalue weighted by atomic mass is 10.2. The van der Waals surface area contributed by atoms with Gasteiger partial charge in [-0.2, -0.15) is 18.4 Å². The lowest BCUT2D eigenvalue weighted by molar-refractivity contribution is -0.137. The van der Waals surface area contributed by atoms with E-state index in [0.29, 0.717) is 22.6 Å². The minimum atomic E-state index is -4.36. The van der Waals surface area contributed by atoms with E-state index in [0.717, 1.165) is 24.3 Å². The van der Waals surface area contributed by atoms with Gasteiger partial charge in [-0.05, 0) is 24.6 Å². The maximum Gasteiger partial charge on any atom is 0.416 e. The highest BCUT2D eigenvalue weighted by molar-refractivity contribution is 7.99. The molecule has 20 heavy (non-hydrogen) atoms. The van der Waals surface area contributed by atoms with Gasteiger partial charge in [0.25, 0.3) is 0 Å². The van der Waals surface area contributed by atoms with Crippen LogP contribution in [0.25, 0.3) is 11.0 Å². The van der Waals surface area contributed by atoms with Crippen LogP contribution in [0.15, 0.2) is 23.4 Å². The SMILES string of the molecule is Cn1c(SCCCC#N)nc2cc(C(F)(F)F)ccc21. The fourth-order valence-electron chi connectivity index (χ4n) is 1.80.